The molecule has 1 heterocycles. The number of thiocarbonyl (C=S) groups is 1. The molecule has 2 aromatic rings. The number of nitro benzene ring substituents is 1. The Hall–Kier alpha value is -3.04. The van der Waals surface area contributed by atoms with Crippen molar-refractivity contribution in [2.24, 2.45) is 0 Å². The van der Waals surface area contributed by atoms with Gasteiger partial charge in [-0.1, -0.05) is 48.2 Å². The number of benzene rings is 2. The second-order valence-electron chi connectivity index (χ2n) is 5.57. The third-order valence-electron chi connectivity index (χ3n) is 3.76. The molecule has 1 aliphatic heterocycles. The van der Waals surface area contributed by atoms with Gasteiger partial charge in [-0.15, -0.1) is 0 Å². The van der Waals surface area contributed by atoms with E-state index in [9.17, 15) is 19.7 Å². The smallest absolute Gasteiger partial charge is 0.307 e. The number of aliphatic carboxylic acids is 1. The van der Waals surface area contributed by atoms with E-state index in [0.717, 1.165) is 11.8 Å². The Morgan fingerprint density at radius 2 is 1.89 bits per heavy atom. The van der Waals surface area contributed by atoms with Crippen molar-refractivity contribution in [2.45, 2.75) is 6.42 Å². The first-order chi connectivity index (χ1) is 12.9. The lowest BCUT2D eigenvalue weighted by Gasteiger charge is -2.14. The van der Waals surface area contributed by atoms with E-state index < -0.39 is 10.9 Å². The van der Waals surface area contributed by atoms with Crippen LogP contribution in [0.1, 0.15) is 11.1 Å². The maximum atomic E-state index is 12.7. The molecule has 0 unspecified atom stereocenters. The number of carbonyl (C=O) groups excluding carboxylic acids is 1. The molecular weight excluding hydrogens is 388 g/mol. The summed E-state index contributed by atoms with van der Waals surface area (Å²) in [5, 5.41) is 20.0. The summed E-state index contributed by atoms with van der Waals surface area (Å²) in [5.41, 5.74) is 1.34. The number of nitrogens with zero attached hydrogens (tertiary/aromatic N) is 2. The highest BCUT2D eigenvalue weighted by Gasteiger charge is 2.33. The largest absolute Gasteiger partial charge is 0.481 e. The van der Waals surface area contributed by atoms with Crippen LogP contribution in [-0.4, -0.2) is 26.2 Å². The van der Waals surface area contributed by atoms with Crippen molar-refractivity contribution in [2.75, 3.05) is 4.90 Å². The highest BCUT2D eigenvalue weighted by atomic mass is 32.2. The van der Waals surface area contributed by atoms with Crippen LogP contribution in [0.3, 0.4) is 0 Å². The molecule has 0 saturated carbocycles. The van der Waals surface area contributed by atoms with Gasteiger partial charge in [-0.3, -0.25) is 24.6 Å². The van der Waals surface area contributed by atoms with Crippen molar-refractivity contribution in [3.05, 3.63) is 74.7 Å². The molecule has 7 nitrogen and oxygen atoms in total. The van der Waals surface area contributed by atoms with Crippen molar-refractivity contribution < 1.29 is 19.6 Å². The van der Waals surface area contributed by atoms with Gasteiger partial charge in [0.1, 0.15) is 0 Å². The molecule has 3 rings (SSSR count). The van der Waals surface area contributed by atoms with Gasteiger partial charge in [-0.2, -0.15) is 0 Å². The van der Waals surface area contributed by atoms with Crippen molar-refractivity contribution in [1.82, 2.24) is 0 Å². The topological polar surface area (TPSA) is 101 Å². The number of hydrogen-bond donors (Lipinski definition) is 1. The van der Waals surface area contributed by atoms with Crippen molar-refractivity contribution in [1.29, 1.82) is 0 Å². The predicted molar refractivity (Wildman–Crippen MR) is 107 cm³/mol. The average Bonchev–Trinajstić information content (AvgIpc) is 2.89. The fourth-order valence-electron chi connectivity index (χ4n) is 2.54. The number of carboxylic acids is 1. The Morgan fingerprint density at radius 1 is 1.22 bits per heavy atom. The molecular formula is C18H12N2O5S2. The van der Waals surface area contributed by atoms with Crippen LogP contribution < -0.4 is 4.90 Å². The number of amides is 1. The van der Waals surface area contributed by atoms with Crippen LogP contribution in [0.4, 0.5) is 11.4 Å². The first-order valence-corrected chi connectivity index (χ1v) is 8.91. The highest BCUT2D eigenvalue weighted by Crippen LogP contribution is 2.37. The third-order valence-corrected chi connectivity index (χ3v) is 5.07. The molecule has 1 saturated heterocycles. The van der Waals surface area contributed by atoms with Gasteiger partial charge in [0, 0.05) is 6.07 Å². The molecule has 1 amide bonds. The summed E-state index contributed by atoms with van der Waals surface area (Å²) >= 11 is 6.34. The molecule has 0 aliphatic carbocycles. The average molecular weight is 400 g/mol. The van der Waals surface area contributed by atoms with Crippen LogP contribution in [-0.2, 0) is 16.0 Å². The van der Waals surface area contributed by atoms with Crippen molar-refractivity contribution in [3.63, 3.8) is 0 Å². The minimum Gasteiger partial charge on any atom is -0.481 e. The van der Waals surface area contributed by atoms with E-state index in [-0.39, 0.29) is 22.9 Å². The predicted octanol–water partition coefficient (Wildman–Crippen LogP) is 3.63. The molecule has 1 N–H and O–H groups in total. The first-order valence-electron chi connectivity index (χ1n) is 7.69. The maximum Gasteiger partial charge on any atom is 0.307 e. The summed E-state index contributed by atoms with van der Waals surface area (Å²) < 4.78 is 0.302. The van der Waals surface area contributed by atoms with E-state index in [2.05, 4.69) is 0 Å². The maximum absolute atomic E-state index is 12.7. The molecule has 0 atom stereocenters. The number of thioether (sulfide) groups is 1. The number of anilines is 1. The Labute approximate surface area is 163 Å². The van der Waals surface area contributed by atoms with E-state index in [4.69, 9.17) is 17.3 Å². The molecule has 27 heavy (non-hydrogen) atoms. The first kappa shape index (κ1) is 18.7. The number of rotatable bonds is 5. The minimum absolute atomic E-state index is 0.0965. The van der Waals surface area contributed by atoms with Crippen LogP contribution in [0.2, 0.25) is 0 Å². The Morgan fingerprint density at radius 3 is 2.52 bits per heavy atom. The second kappa shape index (κ2) is 7.68. The monoisotopic (exact) mass is 400 g/mol. The van der Waals surface area contributed by atoms with E-state index in [1.165, 1.54) is 17.0 Å². The molecule has 1 fully saturated rings. The summed E-state index contributed by atoms with van der Waals surface area (Å²) in [6.45, 7) is 0. The number of carbonyl (C=O) groups is 2. The van der Waals surface area contributed by atoms with Gasteiger partial charge in [0.05, 0.1) is 27.5 Å². The van der Waals surface area contributed by atoms with Crippen LogP contribution in [0.15, 0.2) is 53.4 Å². The van der Waals surface area contributed by atoms with E-state index in [1.807, 2.05) is 0 Å². The minimum atomic E-state index is -0.944. The molecule has 1 aliphatic rings. The summed E-state index contributed by atoms with van der Waals surface area (Å²) in [5.74, 6) is -1.32. The molecule has 2 aromatic carbocycles. The van der Waals surface area contributed by atoms with Crippen molar-refractivity contribution >= 4 is 57.6 Å². The van der Waals surface area contributed by atoms with E-state index in [0.29, 0.717) is 21.1 Å². The second-order valence-corrected chi connectivity index (χ2v) is 7.25. The Balaban J connectivity index is 1.89. The zero-order valence-electron chi connectivity index (χ0n) is 13.7. The zero-order valence-corrected chi connectivity index (χ0v) is 15.3. The van der Waals surface area contributed by atoms with Gasteiger partial charge < -0.3 is 5.11 Å². The number of carboxylic acid groups (broad SMARTS) is 1. The number of hydrogen-bond acceptors (Lipinski definition) is 6. The third kappa shape index (κ3) is 4.04. The summed E-state index contributed by atoms with van der Waals surface area (Å²) in [4.78, 5) is 35.8. The van der Waals surface area contributed by atoms with Gasteiger partial charge in [-0.05, 0) is 29.8 Å². The van der Waals surface area contributed by atoms with Gasteiger partial charge in [-0.25, -0.2) is 0 Å². The summed E-state index contributed by atoms with van der Waals surface area (Å²) in [6.07, 6.45) is 1.34. The fourth-order valence-corrected chi connectivity index (χ4v) is 3.83. The molecule has 0 spiro atoms. The van der Waals surface area contributed by atoms with Gasteiger partial charge in [0.25, 0.3) is 11.6 Å². The van der Waals surface area contributed by atoms with Crippen LogP contribution in [0, 0.1) is 10.1 Å². The molecule has 136 valence electrons. The van der Waals surface area contributed by atoms with Gasteiger partial charge in [0.15, 0.2) is 4.32 Å². The normalized spacial score (nSPS) is 15.4. The Kier molecular flexibility index (Phi) is 5.33. The SMILES string of the molecule is O=C(O)Cc1ccc(N2C(=O)/C(=C/c3ccccc3[N+](=O)[O-])SC2=S)cc1. The lowest BCUT2D eigenvalue weighted by molar-refractivity contribution is -0.385. The molecule has 9 heteroatoms. The standard InChI is InChI=1S/C18H12N2O5S2/c21-16(22)9-11-5-7-13(8-6-11)19-17(23)15(27-18(19)26)10-12-3-1-2-4-14(12)20(24)25/h1-8,10H,9H2,(H,21,22)/b15-10-. The Bertz CT molecular complexity index is 986. The summed E-state index contributed by atoms with van der Waals surface area (Å²) in [7, 11) is 0. The zero-order chi connectivity index (χ0) is 19.6. The fraction of sp³-hybridized carbons (Fsp3) is 0.0556. The highest BCUT2D eigenvalue weighted by molar-refractivity contribution is 8.27. The van der Waals surface area contributed by atoms with E-state index >= 15 is 0 Å². The van der Waals surface area contributed by atoms with Crippen LogP contribution in [0.25, 0.3) is 6.08 Å². The number of para-hydroxylation sites is 1. The number of nitro groups is 1. The van der Waals surface area contributed by atoms with Gasteiger partial charge >= 0.3 is 5.97 Å². The molecule has 0 aromatic heterocycles. The lowest BCUT2D eigenvalue weighted by Crippen LogP contribution is -2.27. The quantitative estimate of drug-likeness (QED) is 0.354. The van der Waals surface area contributed by atoms with Crippen LogP contribution in [0.5, 0.6) is 0 Å². The van der Waals surface area contributed by atoms with Crippen LogP contribution >= 0.6 is 24.0 Å². The van der Waals surface area contributed by atoms with Gasteiger partial charge in [0.2, 0.25) is 0 Å². The summed E-state index contributed by atoms with van der Waals surface area (Å²) in [6, 6.07) is 12.6. The van der Waals surface area contributed by atoms with Crippen molar-refractivity contribution in [3.8, 4) is 0 Å². The molecule has 0 bridgehead atoms. The van der Waals surface area contributed by atoms with E-state index in [1.54, 1.807) is 42.5 Å². The lowest BCUT2D eigenvalue weighted by atomic mass is 10.1. The molecule has 0 radical (unpaired) electrons.